The van der Waals surface area contributed by atoms with Gasteiger partial charge in [-0.15, -0.1) is 11.8 Å². The predicted molar refractivity (Wildman–Crippen MR) is 108 cm³/mol. The van der Waals surface area contributed by atoms with Gasteiger partial charge in [-0.1, -0.05) is 23.4 Å². The first-order valence-corrected chi connectivity index (χ1v) is 10.3. The number of hydrogen-bond acceptors (Lipinski definition) is 5. The third-order valence-corrected chi connectivity index (χ3v) is 6.16. The summed E-state index contributed by atoms with van der Waals surface area (Å²) >= 11 is 1.58. The van der Waals surface area contributed by atoms with Gasteiger partial charge in [-0.2, -0.15) is 0 Å². The molecule has 0 bridgehead atoms. The largest absolute Gasteiger partial charge is 0.361 e. The highest BCUT2D eigenvalue weighted by Crippen LogP contribution is 2.28. The Bertz CT molecular complexity index is 1020. The number of carbonyl (C=O) groups is 2. The minimum absolute atomic E-state index is 0.132. The maximum absolute atomic E-state index is 13.1. The molecule has 2 atom stereocenters. The number of rotatable bonds is 4. The predicted octanol–water partition coefficient (Wildman–Crippen LogP) is 3.17. The second-order valence-electron chi connectivity index (χ2n) is 7.01. The summed E-state index contributed by atoms with van der Waals surface area (Å²) in [6.07, 6.45) is 1.72. The molecule has 0 unspecified atom stereocenters. The molecule has 3 aromatic rings. The number of benzene rings is 1. The first kappa shape index (κ1) is 18.6. The molecule has 1 aromatic carbocycles. The Morgan fingerprint density at radius 3 is 2.89 bits per heavy atom. The lowest BCUT2D eigenvalue weighted by Crippen LogP contribution is -2.47. The van der Waals surface area contributed by atoms with Crippen LogP contribution in [0.2, 0.25) is 0 Å². The molecule has 2 N–H and O–H groups in total. The molecule has 0 radical (unpaired) electrons. The number of amides is 2. The SMILES string of the molecule is Cc1noc(C)c1[C@@H](C)NC(=O)[C@H]1CSCN1C(=O)c1c[nH]c2ccccc12. The lowest BCUT2D eigenvalue weighted by Gasteiger charge is -2.24. The van der Waals surface area contributed by atoms with Crippen molar-refractivity contribution in [2.75, 3.05) is 11.6 Å². The molecule has 1 saturated heterocycles. The number of fused-ring (bicyclic) bond motifs is 1. The Labute approximate surface area is 166 Å². The second-order valence-corrected chi connectivity index (χ2v) is 8.01. The van der Waals surface area contributed by atoms with Crippen LogP contribution in [0.15, 0.2) is 35.0 Å². The Morgan fingerprint density at radius 1 is 1.36 bits per heavy atom. The molecule has 0 spiro atoms. The Balaban J connectivity index is 1.53. The smallest absolute Gasteiger partial charge is 0.257 e. The van der Waals surface area contributed by atoms with Gasteiger partial charge in [0.15, 0.2) is 0 Å². The van der Waals surface area contributed by atoms with Crippen LogP contribution in [0.4, 0.5) is 0 Å². The number of nitrogens with zero attached hydrogens (tertiary/aromatic N) is 2. The third-order valence-electron chi connectivity index (χ3n) is 5.15. The van der Waals surface area contributed by atoms with Crippen LogP contribution in [0.25, 0.3) is 10.9 Å². The van der Waals surface area contributed by atoms with Crippen molar-refractivity contribution in [2.45, 2.75) is 32.9 Å². The molecule has 3 heterocycles. The van der Waals surface area contributed by atoms with Gasteiger partial charge in [0.1, 0.15) is 11.8 Å². The summed E-state index contributed by atoms with van der Waals surface area (Å²) in [5.41, 5.74) is 3.15. The molecule has 0 aliphatic carbocycles. The highest BCUT2D eigenvalue weighted by Gasteiger charge is 2.36. The van der Waals surface area contributed by atoms with Crippen molar-refractivity contribution < 1.29 is 14.1 Å². The molecule has 1 aliphatic heterocycles. The number of carbonyl (C=O) groups excluding carboxylic acids is 2. The molecule has 7 nitrogen and oxygen atoms in total. The van der Waals surface area contributed by atoms with Crippen molar-refractivity contribution in [1.29, 1.82) is 0 Å². The molecule has 8 heteroatoms. The van der Waals surface area contributed by atoms with E-state index >= 15 is 0 Å². The van der Waals surface area contributed by atoms with Crippen molar-refractivity contribution in [3.8, 4) is 0 Å². The monoisotopic (exact) mass is 398 g/mol. The molecule has 1 fully saturated rings. The first-order chi connectivity index (χ1) is 13.5. The quantitative estimate of drug-likeness (QED) is 0.704. The summed E-state index contributed by atoms with van der Waals surface area (Å²) in [6, 6.07) is 6.92. The minimum Gasteiger partial charge on any atom is -0.361 e. The molecule has 0 saturated carbocycles. The number of aromatic amines is 1. The van der Waals surface area contributed by atoms with Crippen LogP contribution in [0.5, 0.6) is 0 Å². The maximum Gasteiger partial charge on any atom is 0.257 e. The van der Waals surface area contributed by atoms with Crippen LogP contribution in [-0.4, -0.2) is 44.5 Å². The van der Waals surface area contributed by atoms with Crippen molar-refractivity contribution in [3.05, 3.63) is 53.0 Å². The summed E-state index contributed by atoms with van der Waals surface area (Å²) in [6.45, 7) is 5.58. The standard InChI is InChI=1S/C20H22N4O3S/c1-11(18-12(2)23-27-13(18)3)22-19(25)17-9-28-10-24(17)20(26)15-8-21-16-7-5-4-6-14(15)16/h4-8,11,17,21H,9-10H2,1-3H3,(H,22,25)/t11-,17-/m1/s1. The zero-order valence-electron chi connectivity index (χ0n) is 16.0. The fraction of sp³-hybridized carbons (Fsp3) is 0.350. The van der Waals surface area contributed by atoms with Crippen molar-refractivity contribution in [1.82, 2.24) is 20.4 Å². The van der Waals surface area contributed by atoms with Gasteiger partial charge in [0.05, 0.1) is 23.2 Å². The Kier molecular flexibility index (Phi) is 4.89. The van der Waals surface area contributed by atoms with E-state index in [0.717, 1.165) is 22.2 Å². The van der Waals surface area contributed by atoms with Crippen LogP contribution in [-0.2, 0) is 4.79 Å². The average Bonchev–Trinajstić information content (AvgIpc) is 3.39. The van der Waals surface area contributed by atoms with E-state index in [2.05, 4.69) is 15.5 Å². The van der Waals surface area contributed by atoms with Gasteiger partial charge in [-0.3, -0.25) is 9.59 Å². The average molecular weight is 398 g/mol. The molecule has 2 amide bonds. The second kappa shape index (κ2) is 7.35. The number of nitrogens with one attached hydrogen (secondary N) is 2. The summed E-state index contributed by atoms with van der Waals surface area (Å²) in [5, 5.41) is 7.84. The topological polar surface area (TPSA) is 91.2 Å². The van der Waals surface area contributed by atoms with E-state index in [1.54, 1.807) is 22.9 Å². The van der Waals surface area contributed by atoms with Gasteiger partial charge < -0.3 is 19.7 Å². The molecule has 1 aliphatic rings. The van der Waals surface area contributed by atoms with Crippen LogP contribution >= 0.6 is 11.8 Å². The lowest BCUT2D eigenvalue weighted by atomic mass is 10.1. The van der Waals surface area contributed by atoms with E-state index in [4.69, 9.17) is 4.52 Å². The molecule has 4 rings (SSSR count). The molecule has 2 aromatic heterocycles. The van der Waals surface area contributed by atoms with E-state index in [-0.39, 0.29) is 17.9 Å². The lowest BCUT2D eigenvalue weighted by molar-refractivity contribution is -0.125. The highest BCUT2D eigenvalue weighted by atomic mass is 32.2. The Hall–Kier alpha value is -2.74. The number of aromatic nitrogens is 2. The van der Waals surface area contributed by atoms with E-state index in [1.807, 2.05) is 45.0 Å². The summed E-state index contributed by atoms with van der Waals surface area (Å²) in [5.74, 6) is 1.47. The van der Waals surface area contributed by atoms with Gasteiger partial charge in [-0.25, -0.2) is 0 Å². The van der Waals surface area contributed by atoms with Crippen LogP contribution < -0.4 is 5.32 Å². The highest BCUT2D eigenvalue weighted by molar-refractivity contribution is 7.99. The first-order valence-electron chi connectivity index (χ1n) is 9.15. The van der Waals surface area contributed by atoms with Gasteiger partial charge in [0.25, 0.3) is 5.91 Å². The van der Waals surface area contributed by atoms with E-state index < -0.39 is 6.04 Å². The zero-order chi connectivity index (χ0) is 19.8. The van der Waals surface area contributed by atoms with Gasteiger partial charge >= 0.3 is 0 Å². The molecule has 28 heavy (non-hydrogen) atoms. The van der Waals surface area contributed by atoms with Crippen LogP contribution in [0.1, 0.15) is 40.3 Å². The fourth-order valence-corrected chi connectivity index (χ4v) is 4.91. The zero-order valence-corrected chi connectivity index (χ0v) is 16.8. The number of hydrogen-bond donors (Lipinski definition) is 2. The van der Waals surface area contributed by atoms with Crippen molar-refractivity contribution in [3.63, 3.8) is 0 Å². The van der Waals surface area contributed by atoms with Crippen molar-refractivity contribution >= 4 is 34.5 Å². The van der Waals surface area contributed by atoms with E-state index in [1.165, 1.54) is 0 Å². The molecule has 146 valence electrons. The normalized spacial score (nSPS) is 17.8. The molecular weight excluding hydrogens is 376 g/mol. The van der Waals surface area contributed by atoms with Crippen LogP contribution in [0.3, 0.4) is 0 Å². The number of H-pyrrole nitrogens is 1. The van der Waals surface area contributed by atoms with E-state index in [9.17, 15) is 9.59 Å². The third kappa shape index (κ3) is 3.17. The maximum atomic E-state index is 13.1. The van der Waals surface area contributed by atoms with E-state index in [0.29, 0.717) is 23.0 Å². The summed E-state index contributed by atoms with van der Waals surface area (Å²) in [7, 11) is 0. The number of para-hydroxylation sites is 1. The van der Waals surface area contributed by atoms with Gasteiger partial charge in [0, 0.05) is 28.4 Å². The van der Waals surface area contributed by atoms with Crippen molar-refractivity contribution in [2.24, 2.45) is 0 Å². The number of aryl methyl sites for hydroxylation is 2. The van der Waals surface area contributed by atoms with Gasteiger partial charge in [0.2, 0.25) is 5.91 Å². The molecular formula is C20H22N4O3S. The summed E-state index contributed by atoms with van der Waals surface area (Å²) < 4.78 is 5.20. The van der Waals surface area contributed by atoms with Crippen LogP contribution in [0, 0.1) is 13.8 Å². The van der Waals surface area contributed by atoms with Gasteiger partial charge in [-0.05, 0) is 26.8 Å². The minimum atomic E-state index is -0.505. The Morgan fingerprint density at radius 2 is 2.14 bits per heavy atom. The fourth-order valence-electron chi connectivity index (χ4n) is 3.75. The summed E-state index contributed by atoms with van der Waals surface area (Å²) in [4.78, 5) is 30.9. The number of thioether (sulfide) groups is 1.